The first kappa shape index (κ1) is 10.5. The molecule has 0 aromatic heterocycles. The highest BCUT2D eigenvalue weighted by Crippen LogP contribution is 2.35. The Morgan fingerprint density at radius 2 is 1.36 bits per heavy atom. The van der Waals surface area contributed by atoms with Gasteiger partial charge in [0.15, 0.2) is 0 Å². The van der Waals surface area contributed by atoms with Crippen LogP contribution in [0.1, 0.15) is 65.2 Å². The molecule has 2 aliphatic rings. The lowest BCUT2D eigenvalue weighted by Crippen LogP contribution is -2.49. The van der Waals surface area contributed by atoms with Gasteiger partial charge in [0, 0.05) is 11.6 Å². The Labute approximate surface area is 88.7 Å². The zero-order chi connectivity index (χ0) is 10.0. The highest BCUT2D eigenvalue weighted by atomic mass is 15.0. The fourth-order valence-corrected chi connectivity index (χ4v) is 3.36. The van der Waals surface area contributed by atoms with E-state index in [9.17, 15) is 0 Å². The van der Waals surface area contributed by atoms with E-state index in [1.54, 1.807) is 0 Å². The van der Waals surface area contributed by atoms with Crippen LogP contribution in [-0.2, 0) is 0 Å². The Balaban J connectivity index is 1.86. The summed E-state index contributed by atoms with van der Waals surface area (Å²) in [6.45, 7) is 4.84. The predicted octanol–water partition coefficient (Wildman–Crippen LogP) is 3.49. The number of rotatable bonds is 3. The fourth-order valence-electron chi connectivity index (χ4n) is 3.36. The van der Waals surface area contributed by atoms with Crippen LogP contribution in [0.15, 0.2) is 0 Å². The van der Waals surface area contributed by atoms with Crippen LogP contribution >= 0.6 is 0 Å². The van der Waals surface area contributed by atoms with E-state index >= 15 is 0 Å². The van der Waals surface area contributed by atoms with Gasteiger partial charge in [0.2, 0.25) is 0 Å². The number of nitrogens with one attached hydrogen (secondary N) is 1. The maximum absolute atomic E-state index is 3.90. The molecule has 1 N–H and O–H groups in total. The standard InChI is InChI=1S/C13H25N/c1-13(2,11-7-3-4-8-11)14-12-9-5-6-10-12/h11-12,14H,3-10H2,1-2H3. The van der Waals surface area contributed by atoms with Crippen LogP contribution in [-0.4, -0.2) is 11.6 Å². The summed E-state index contributed by atoms with van der Waals surface area (Å²) in [5.41, 5.74) is 0.394. The van der Waals surface area contributed by atoms with Gasteiger partial charge >= 0.3 is 0 Å². The summed E-state index contributed by atoms with van der Waals surface area (Å²) >= 11 is 0. The molecule has 0 aromatic carbocycles. The minimum absolute atomic E-state index is 0.394. The summed E-state index contributed by atoms with van der Waals surface area (Å²) in [5.74, 6) is 0.933. The van der Waals surface area contributed by atoms with E-state index in [-0.39, 0.29) is 0 Å². The Bertz CT molecular complexity index is 174. The molecule has 0 radical (unpaired) electrons. The molecule has 0 spiro atoms. The van der Waals surface area contributed by atoms with Crippen molar-refractivity contribution in [3.8, 4) is 0 Å². The normalized spacial score (nSPS) is 26.1. The number of hydrogen-bond acceptors (Lipinski definition) is 1. The lowest BCUT2D eigenvalue weighted by atomic mass is 9.85. The first-order valence-corrected chi connectivity index (χ1v) is 6.46. The molecular weight excluding hydrogens is 170 g/mol. The zero-order valence-corrected chi connectivity index (χ0v) is 9.81. The van der Waals surface area contributed by atoms with Gasteiger partial charge in [0.25, 0.3) is 0 Å². The molecule has 2 rings (SSSR count). The van der Waals surface area contributed by atoms with Gasteiger partial charge in [-0.05, 0) is 45.4 Å². The third kappa shape index (κ3) is 2.31. The first-order chi connectivity index (χ1) is 6.68. The molecule has 2 aliphatic carbocycles. The van der Waals surface area contributed by atoms with E-state index in [0.717, 1.165) is 12.0 Å². The molecule has 1 nitrogen and oxygen atoms in total. The SMILES string of the molecule is CC(C)(NC1CCCC1)C1CCCC1. The lowest BCUT2D eigenvalue weighted by Gasteiger charge is -2.36. The molecule has 0 aliphatic heterocycles. The second-order valence-corrected chi connectivity index (χ2v) is 5.83. The van der Waals surface area contributed by atoms with E-state index in [1.807, 2.05) is 0 Å². The van der Waals surface area contributed by atoms with Gasteiger partial charge in [0.1, 0.15) is 0 Å². The topological polar surface area (TPSA) is 12.0 Å². The Morgan fingerprint density at radius 3 is 1.93 bits per heavy atom. The molecule has 0 saturated heterocycles. The van der Waals surface area contributed by atoms with E-state index in [4.69, 9.17) is 0 Å². The average molecular weight is 195 g/mol. The second-order valence-electron chi connectivity index (χ2n) is 5.83. The van der Waals surface area contributed by atoms with Crippen molar-refractivity contribution >= 4 is 0 Å². The molecular formula is C13H25N. The smallest absolute Gasteiger partial charge is 0.0155 e. The molecule has 0 amide bonds. The lowest BCUT2D eigenvalue weighted by molar-refractivity contribution is 0.229. The zero-order valence-electron chi connectivity index (χ0n) is 9.81. The molecule has 82 valence electrons. The first-order valence-electron chi connectivity index (χ1n) is 6.46. The van der Waals surface area contributed by atoms with E-state index < -0.39 is 0 Å². The molecule has 0 aromatic rings. The van der Waals surface area contributed by atoms with Crippen molar-refractivity contribution in [2.75, 3.05) is 0 Å². The van der Waals surface area contributed by atoms with Gasteiger partial charge in [-0.3, -0.25) is 0 Å². The van der Waals surface area contributed by atoms with E-state index in [1.165, 1.54) is 51.4 Å². The van der Waals surface area contributed by atoms with Crippen LogP contribution in [0.25, 0.3) is 0 Å². The highest BCUT2D eigenvalue weighted by molar-refractivity contribution is 4.92. The summed E-state index contributed by atoms with van der Waals surface area (Å²) in [7, 11) is 0. The molecule has 14 heavy (non-hydrogen) atoms. The van der Waals surface area contributed by atoms with Crippen LogP contribution in [0, 0.1) is 5.92 Å². The molecule has 2 saturated carbocycles. The largest absolute Gasteiger partial charge is 0.309 e. The van der Waals surface area contributed by atoms with Crippen molar-refractivity contribution in [3.05, 3.63) is 0 Å². The van der Waals surface area contributed by atoms with Crippen LogP contribution in [0.3, 0.4) is 0 Å². The van der Waals surface area contributed by atoms with Crippen molar-refractivity contribution < 1.29 is 0 Å². The molecule has 2 fully saturated rings. The summed E-state index contributed by atoms with van der Waals surface area (Å²) in [6.07, 6.45) is 11.5. The molecule has 0 bridgehead atoms. The molecule has 0 unspecified atom stereocenters. The van der Waals surface area contributed by atoms with Gasteiger partial charge in [-0.25, -0.2) is 0 Å². The van der Waals surface area contributed by atoms with Crippen LogP contribution in [0.5, 0.6) is 0 Å². The Hall–Kier alpha value is -0.0400. The Morgan fingerprint density at radius 1 is 0.857 bits per heavy atom. The van der Waals surface area contributed by atoms with Crippen molar-refractivity contribution in [1.82, 2.24) is 5.32 Å². The minimum Gasteiger partial charge on any atom is -0.309 e. The maximum Gasteiger partial charge on any atom is 0.0155 e. The van der Waals surface area contributed by atoms with Gasteiger partial charge < -0.3 is 5.32 Å². The molecule has 0 heterocycles. The third-order valence-corrected chi connectivity index (χ3v) is 4.31. The van der Waals surface area contributed by atoms with Gasteiger partial charge in [-0.1, -0.05) is 25.7 Å². The Kier molecular flexibility index (Phi) is 3.16. The van der Waals surface area contributed by atoms with Gasteiger partial charge in [-0.2, -0.15) is 0 Å². The predicted molar refractivity (Wildman–Crippen MR) is 61.4 cm³/mol. The summed E-state index contributed by atoms with van der Waals surface area (Å²) < 4.78 is 0. The van der Waals surface area contributed by atoms with E-state index in [2.05, 4.69) is 19.2 Å². The summed E-state index contributed by atoms with van der Waals surface area (Å²) in [4.78, 5) is 0. The van der Waals surface area contributed by atoms with Crippen molar-refractivity contribution in [2.45, 2.75) is 76.8 Å². The average Bonchev–Trinajstić information content (AvgIpc) is 2.71. The van der Waals surface area contributed by atoms with Gasteiger partial charge in [0.05, 0.1) is 0 Å². The minimum atomic E-state index is 0.394. The van der Waals surface area contributed by atoms with Crippen LogP contribution in [0.2, 0.25) is 0 Å². The van der Waals surface area contributed by atoms with Gasteiger partial charge in [-0.15, -0.1) is 0 Å². The summed E-state index contributed by atoms with van der Waals surface area (Å²) in [5, 5.41) is 3.90. The van der Waals surface area contributed by atoms with Crippen molar-refractivity contribution in [2.24, 2.45) is 5.92 Å². The van der Waals surface area contributed by atoms with Crippen molar-refractivity contribution in [1.29, 1.82) is 0 Å². The molecule has 0 atom stereocenters. The third-order valence-electron chi connectivity index (χ3n) is 4.31. The van der Waals surface area contributed by atoms with Crippen LogP contribution in [0.4, 0.5) is 0 Å². The quantitative estimate of drug-likeness (QED) is 0.727. The monoisotopic (exact) mass is 195 g/mol. The number of hydrogen-bond donors (Lipinski definition) is 1. The highest BCUT2D eigenvalue weighted by Gasteiger charge is 2.33. The van der Waals surface area contributed by atoms with Crippen LogP contribution < -0.4 is 5.32 Å². The van der Waals surface area contributed by atoms with E-state index in [0.29, 0.717) is 5.54 Å². The summed E-state index contributed by atoms with van der Waals surface area (Å²) in [6, 6.07) is 0.825. The second kappa shape index (κ2) is 4.22. The maximum atomic E-state index is 3.90. The fraction of sp³-hybridized carbons (Fsp3) is 1.00. The van der Waals surface area contributed by atoms with Crippen molar-refractivity contribution in [3.63, 3.8) is 0 Å². The molecule has 1 heteroatoms.